The number of anilines is 3. The normalized spacial score (nSPS) is 21.3. The van der Waals surface area contributed by atoms with E-state index in [-0.39, 0.29) is 5.41 Å². The Kier molecular flexibility index (Phi) is 6.81. The van der Waals surface area contributed by atoms with Crippen molar-refractivity contribution in [2.75, 3.05) is 4.90 Å². The Hall–Kier alpha value is -6.51. The van der Waals surface area contributed by atoms with Gasteiger partial charge in [-0.25, -0.2) is 9.97 Å². The molecule has 6 aromatic carbocycles. The summed E-state index contributed by atoms with van der Waals surface area (Å²) in [5, 5.41) is 12.0. The van der Waals surface area contributed by atoms with Crippen LogP contribution in [0.4, 0.5) is 17.2 Å². The fourth-order valence-electron chi connectivity index (χ4n) is 12.0. The largest absolute Gasteiger partial charge is 0.309 e. The van der Waals surface area contributed by atoms with Crippen LogP contribution in [0.5, 0.6) is 0 Å². The Balaban J connectivity index is 1.10. The number of rotatable bonds is 4. The first-order chi connectivity index (χ1) is 27.7. The third-order valence-electron chi connectivity index (χ3n) is 13.8. The number of nitrogens with zero attached hydrogens (tertiary/aromatic N) is 5. The van der Waals surface area contributed by atoms with Gasteiger partial charge in [-0.3, -0.25) is 4.90 Å². The molecule has 0 radical (unpaired) electrons. The Labute approximate surface area is 326 Å². The zero-order valence-electron chi connectivity index (χ0n) is 31.0. The highest BCUT2D eigenvalue weighted by molar-refractivity contribution is 6.10. The Morgan fingerprint density at radius 1 is 0.554 bits per heavy atom. The topological polar surface area (TPSA) is 57.7 Å². The SMILES string of the molecule is N#Cc1ccc2c(c1)c1ccccc1n2-c1ccccc1-c1cc(N2c3ccccc3C3(c4ccccc42)C2CC4CC(C2)CC3C4)nc(-c2ccccc2)n1. The zero-order chi connectivity index (χ0) is 37.0. The van der Waals surface area contributed by atoms with E-state index in [4.69, 9.17) is 9.97 Å². The van der Waals surface area contributed by atoms with E-state index >= 15 is 0 Å². The monoisotopic (exact) mass is 721 g/mol. The molecular formula is C51H39N5. The number of hydrogen-bond acceptors (Lipinski definition) is 4. The maximum Gasteiger partial charge on any atom is 0.162 e. The van der Waals surface area contributed by atoms with E-state index in [1.54, 1.807) is 0 Å². The number of nitriles is 1. The molecule has 0 amide bonds. The van der Waals surface area contributed by atoms with Crippen molar-refractivity contribution in [2.45, 2.75) is 37.5 Å². The Morgan fingerprint density at radius 3 is 1.88 bits per heavy atom. The minimum atomic E-state index is 0.0176. The summed E-state index contributed by atoms with van der Waals surface area (Å²) in [4.78, 5) is 13.3. The van der Waals surface area contributed by atoms with Crippen LogP contribution in [0, 0.1) is 35.0 Å². The summed E-state index contributed by atoms with van der Waals surface area (Å²) in [5.74, 6) is 4.63. The number of fused-ring (bicyclic) bond motifs is 5. The molecule has 5 aliphatic rings. The Morgan fingerprint density at radius 2 is 1.16 bits per heavy atom. The standard InChI is InChI=1S/C51H39N5/c52-31-32-22-23-46-40(29-32)38-14-4-8-18-44(38)55(46)45-19-9-5-15-39(45)43-30-49(54-50(53-43)35-12-2-1-3-13-35)56-47-20-10-6-16-41(47)51(42-17-7-11-21-48(42)56)36-25-33-24-34(27-36)28-37(51)26-33/h1-23,29-30,33-34,36-37H,24-28H2. The molecule has 5 heteroatoms. The van der Waals surface area contributed by atoms with Crippen LogP contribution in [-0.2, 0) is 5.41 Å². The molecule has 1 spiro atoms. The highest BCUT2D eigenvalue weighted by Gasteiger charge is 2.61. The molecule has 0 unspecified atom stereocenters. The van der Waals surface area contributed by atoms with Crippen molar-refractivity contribution >= 4 is 39.0 Å². The molecule has 8 aromatic rings. The van der Waals surface area contributed by atoms with Gasteiger partial charge in [0, 0.05) is 33.4 Å². The van der Waals surface area contributed by atoms with Crippen molar-refractivity contribution in [1.82, 2.24) is 14.5 Å². The van der Waals surface area contributed by atoms with E-state index in [1.807, 2.05) is 18.2 Å². The van der Waals surface area contributed by atoms with Crippen molar-refractivity contribution in [3.05, 3.63) is 168 Å². The number of benzene rings is 6. The highest BCUT2D eigenvalue weighted by Crippen LogP contribution is 2.69. The first-order valence-corrected chi connectivity index (χ1v) is 20.2. The van der Waals surface area contributed by atoms with E-state index in [1.165, 1.54) is 54.6 Å². The van der Waals surface area contributed by atoms with Crippen LogP contribution in [0.15, 0.2) is 152 Å². The molecule has 0 saturated heterocycles. The molecule has 3 heterocycles. The van der Waals surface area contributed by atoms with Crippen LogP contribution in [0.3, 0.4) is 0 Å². The van der Waals surface area contributed by atoms with Crippen molar-refractivity contribution in [2.24, 2.45) is 23.7 Å². The molecule has 1 aliphatic heterocycles. The van der Waals surface area contributed by atoms with Crippen molar-refractivity contribution in [3.8, 4) is 34.4 Å². The fourth-order valence-corrected chi connectivity index (χ4v) is 12.0. The number of hydrogen-bond donors (Lipinski definition) is 0. The van der Waals surface area contributed by atoms with Gasteiger partial charge in [-0.05, 0) is 109 Å². The van der Waals surface area contributed by atoms with Gasteiger partial charge in [0.15, 0.2) is 5.82 Å². The number of aromatic nitrogens is 3. The molecule has 4 saturated carbocycles. The lowest BCUT2D eigenvalue weighted by molar-refractivity contribution is -0.0419. The van der Waals surface area contributed by atoms with Crippen LogP contribution >= 0.6 is 0 Å². The van der Waals surface area contributed by atoms with Gasteiger partial charge in [0.25, 0.3) is 0 Å². The van der Waals surface area contributed by atoms with Crippen LogP contribution in [0.1, 0.15) is 48.8 Å². The first kappa shape index (κ1) is 31.8. The van der Waals surface area contributed by atoms with Crippen LogP contribution in [-0.4, -0.2) is 14.5 Å². The number of para-hydroxylation sites is 4. The van der Waals surface area contributed by atoms with Gasteiger partial charge in [0.1, 0.15) is 5.82 Å². The van der Waals surface area contributed by atoms with E-state index in [2.05, 4.69) is 149 Å². The van der Waals surface area contributed by atoms with Gasteiger partial charge in [0.05, 0.1) is 45.4 Å². The van der Waals surface area contributed by atoms with E-state index in [0.29, 0.717) is 23.2 Å². The smallest absolute Gasteiger partial charge is 0.162 e. The molecule has 0 N–H and O–H groups in total. The highest BCUT2D eigenvalue weighted by atomic mass is 15.2. The fraction of sp³-hybridized carbons (Fsp3) is 0.196. The van der Waals surface area contributed by atoms with E-state index in [0.717, 1.165) is 62.0 Å². The summed E-state index contributed by atoms with van der Waals surface area (Å²) in [6, 6.07) is 56.5. The van der Waals surface area contributed by atoms with Gasteiger partial charge in [-0.15, -0.1) is 0 Å². The van der Waals surface area contributed by atoms with Gasteiger partial charge in [-0.2, -0.15) is 5.26 Å². The summed E-state index contributed by atoms with van der Waals surface area (Å²) in [7, 11) is 0. The minimum Gasteiger partial charge on any atom is -0.309 e. The van der Waals surface area contributed by atoms with Gasteiger partial charge < -0.3 is 4.57 Å². The second-order valence-electron chi connectivity index (χ2n) is 16.6. The molecular weight excluding hydrogens is 683 g/mol. The lowest BCUT2D eigenvalue weighted by Gasteiger charge is -2.64. The van der Waals surface area contributed by atoms with E-state index in [9.17, 15) is 5.26 Å². The molecule has 5 nitrogen and oxygen atoms in total. The summed E-state index contributed by atoms with van der Waals surface area (Å²) < 4.78 is 2.33. The van der Waals surface area contributed by atoms with Crippen LogP contribution in [0.25, 0.3) is 50.1 Å². The minimum absolute atomic E-state index is 0.0176. The quantitative estimate of drug-likeness (QED) is 0.182. The van der Waals surface area contributed by atoms with Crippen LogP contribution < -0.4 is 4.90 Å². The van der Waals surface area contributed by atoms with Crippen molar-refractivity contribution in [3.63, 3.8) is 0 Å². The lowest BCUT2D eigenvalue weighted by atomic mass is 9.41. The van der Waals surface area contributed by atoms with Gasteiger partial charge in [0.2, 0.25) is 0 Å². The van der Waals surface area contributed by atoms with Crippen molar-refractivity contribution < 1.29 is 0 Å². The van der Waals surface area contributed by atoms with Crippen LogP contribution in [0.2, 0.25) is 0 Å². The third kappa shape index (κ3) is 4.41. The lowest BCUT2D eigenvalue weighted by Crippen LogP contribution is -2.57. The average Bonchev–Trinajstić information content (AvgIpc) is 3.58. The molecule has 13 rings (SSSR count). The summed E-state index contributed by atoms with van der Waals surface area (Å²) in [5.41, 5.74) is 12.1. The Bertz CT molecular complexity index is 2840. The molecule has 4 bridgehead atoms. The molecule has 0 atom stereocenters. The van der Waals surface area contributed by atoms with Gasteiger partial charge in [-0.1, -0.05) is 103 Å². The van der Waals surface area contributed by atoms with E-state index < -0.39 is 0 Å². The third-order valence-corrected chi connectivity index (χ3v) is 13.8. The molecule has 4 aliphatic carbocycles. The maximum atomic E-state index is 9.81. The maximum absolute atomic E-state index is 9.81. The second-order valence-corrected chi connectivity index (χ2v) is 16.6. The molecule has 4 fully saturated rings. The summed E-state index contributed by atoms with van der Waals surface area (Å²) in [6.07, 6.45) is 6.78. The molecule has 268 valence electrons. The predicted molar refractivity (Wildman–Crippen MR) is 224 cm³/mol. The average molecular weight is 722 g/mol. The summed E-state index contributed by atoms with van der Waals surface area (Å²) >= 11 is 0. The van der Waals surface area contributed by atoms with Crippen molar-refractivity contribution in [1.29, 1.82) is 5.26 Å². The summed E-state index contributed by atoms with van der Waals surface area (Å²) in [6.45, 7) is 0. The molecule has 56 heavy (non-hydrogen) atoms. The van der Waals surface area contributed by atoms with Gasteiger partial charge >= 0.3 is 0 Å². The first-order valence-electron chi connectivity index (χ1n) is 20.2. The second kappa shape index (κ2) is 12.0. The predicted octanol–water partition coefficient (Wildman–Crippen LogP) is 12.3. The molecule has 2 aromatic heterocycles. The zero-order valence-corrected chi connectivity index (χ0v) is 31.0.